The van der Waals surface area contributed by atoms with E-state index in [0.29, 0.717) is 18.1 Å². The Hall–Kier alpha value is -0.950. The number of nitrogens with one attached hydrogen (secondary N) is 1. The normalized spacial score (nSPS) is 26.9. The van der Waals surface area contributed by atoms with Crippen molar-refractivity contribution in [3.63, 3.8) is 0 Å². The lowest BCUT2D eigenvalue weighted by atomic mass is 10.1. The molecule has 1 saturated heterocycles. The van der Waals surface area contributed by atoms with Gasteiger partial charge in [-0.25, -0.2) is 13.1 Å². The van der Waals surface area contributed by atoms with Crippen LogP contribution in [0.4, 0.5) is 0 Å². The van der Waals surface area contributed by atoms with Gasteiger partial charge in [0.25, 0.3) is 0 Å². The van der Waals surface area contributed by atoms with Crippen molar-refractivity contribution in [1.29, 1.82) is 0 Å². The smallest absolute Gasteiger partial charge is 0.240 e. The second-order valence-corrected chi connectivity index (χ2v) is 7.21. The van der Waals surface area contributed by atoms with E-state index in [1.54, 1.807) is 12.1 Å². The van der Waals surface area contributed by atoms with Crippen LogP contribution in [-0.2, 0) is 21.4 Å². The van der Waals surface area contributed by atoms with Gasteiger partial charge in [-0.3, -0.25) is 0 Å². The van der Waals surface area contributed by atoms with Crippen LogP contribution < -0.4 is 4.72 Å². The second kappa shape index (κ2) is 5.44. The highest BCUT2D eigenvalue weighted by molar-refractivity contribution is 7.89. The van der Waals surface area contributed by atoms with Crippen molar-refractivity contribution in [2.24, 2.45) is 5.92 Å². The highest BCUT2D eigenvalue weighted by atomic mass is 32.2. The molecule has 2 unspecified atom stereocenters. The van der Waals surface area contributed by atoms with E-state index < -0.39 is 10.0 Å². The first-order valence-electron chi connectivity index (χ1n) is 6.94. The average Bonchev–Trinajstić information content (AvgIpc) is 3.19. The van der Waals surface area contributed by atoms with Crippen molar-refractivity contribution in [1.82, 2.24) is 4.72 Å². The van der Waals surface area contributed by atoms with Gasteiger partial charge in [0.2, 0.25) is 10.0 Å². The molecule has 1 saturated carbocycles. The van der Waals surface area contributed by atoms with Crippen LogP contribution in [0.2, 0.25) is 0 Å². The van der Waals surface area contributed by atoms with Crippen LogP contribution in [0.3, 0.4) is 0 Å². The van der Waals surface area contributed by atoms with Crippen molar-refractivity contribution in [2.75, 3.05) is 6.61 Å². The molecule has 2 N–H and O–H groups in total. The molecule has 6 heteroatoms. The number of rotatable bonds is 5. The molecule has 5 nitrogen and oxygen atoms in total. The molecular weight excluding hydrogens is 278 g/mol. The summed E-state index contributed by atoms with van der Waals surface area (Å²) in [5, 5.41) is 8.98. The third kappa shape index (κ3) is 2.88. The predicted molar refractivity (Wildman–Crippen MR) is 73.6 cm³/mol. The SMILES string of the molecule is O=S(=O)(NC1CCOC1C1CC1)c1ccc(CO)cc1. The zero-order valence-corrected chi connectivity index (χ0v) is 12.0. The maximum absolute atomic E-state index is 12.3. The molecule has 1 aliphatic carbocycles. The first-order chi connectivity index (χ1) is 9.60. The Morgan fingerprint density at radius 1 is 1.20 bits per heavy atom. The van der Waals surface area contributed by atoms with Gasteiger partial charge < -0.3 is 9.84 Å². The molecule has 0 radical (unpaired) electrons. The molecule has 20 heavy (non-hydrogen) atoms. The molecular formula is C14H19NO4S. The molecule has 2 aliphatic rings. The van der Waals surface area contributed by atoms with E-state index in [0.717, 1.165) is 19.3 Å². The van der Waals surface area contributed by atoms with Crippen molar-refractivity contribution < 1.29 is 18.3 Å². The molecule has 0 amide bonds. The van der Waals surface area contributed by atoms with Crippen molar-refractivity contribution in [2.45, 2.75) is 42.9 Å². The molecule has 0 spiro atoms. The molecule has 2 fully saturated rings. The monoisotopic (exact) mass is 297 g/mol. The maximum atomic E-state index is 12.3. The number of hydrogen-bond acceptors (Lipinski definition) is 4. The number of hydrogen-bond donors (Lipinski definition) is 2. The zero-order valence-electron chi connectivity index (χ0n) is 11.2. The van der Waals surface area contributed by atoms with E-state index in [-0.39, 0.29) is 23.6 Å². The van der Waals surface area contributed by atoms with Crippen LogP contribution in [0.1, 0.15) is 24.8 Å². The van der Waals surface area contributed by atoms with Crippen molar-refractivity contribution in [3.8, 4) is 0 Å². The second-order valence-electron chi connectivity index (χ2n) is 5.49. The summed E-state index contributed by atoms with van der Waals surface area (Å²) in [5.41, 5.74) is 0.698. The third-order valence-corrected chi connectivity index (χ3v) is 5.45. The molecule has 2 atom stereocenters. The lowest BCUT2D eigenvalue weighted by Crippen LogP contribution is -2.41. The van der Waals surface area contributed by atoms with Crippen LogP contribution >= 0.6 is 0 Å². The number of ether oxygens (including phenoxy) is 1. The Kier molecular flexibility index (Phi) is 3.81. The highest BCUT2D eigenvalue weighted by Gasteiger charge is 2.42. The summed E-state index contributed by atoms with van der Waals surface area (Å²) < 4.78 is 33.1. The molecule has 1 aromatic carbocycles. The Morgan fingerprint density at radius 3 is 2.50 bits per heavy atom. The zero-order chi connectivity index (χ0) is 14.2. The Bertz CT molecular complexity index is 565. The number of aliphatic hydroxyl groups is 1. The fraction of sp³-hybridized carbons (Fsp3) is 0.571. The predicted octanol–water partition coefficient (Wildman–Crippen LogP) is 1.02. The summed E-state index contributed by atoms with van der Waals surface area (Å²) >= 11 is 0. The Morgan fingerprint density at radius 2 is 1.90 bits per heavy atom. The molecule has 1 aromatic rings. The standard InChI is InChI=1S/C14H19NO4S/c16-9-10-1-5-12(6-2-10)20(17,18)15-13-7-8-19-14(13)11-3-4-11/h1-2,5-6,11,13-16H,3-4,7-9H2. The number of benzene rings is 1. The van der Waals surface area contributed by atoms with E-state index >= 15 is 0 Å². The first-order valence-corrected chi connectivity index (χ1v) is 8.42. The van der Waals surface area contributed by atoms with E-state index in [1.165, 1.54) is 12.1 Å². The van der Waals surface area contributed by atoms with Gasteiger partial charge in [0.05, 0.1) is 23.6 Å². The molecule has 0 bridgehead atoms. The van der Waals surface area contributed by atoms with Crippen molar-refractivity contribution in [3.05, 3.63) is 29.8 Å². The van der Waals surface area contributed by atoms with Crippen molar-refractivity contribution >= 4 is 10.0 Å². The average molecular weight is 297 g/mol. The molecule has 1 aliphatic heterocycles. The fourth-order valence-electron chi connectivity index (χ4n) is 2.67. The van der Waals surface area contributed by atoms with Gasteiger partial charge >= 0.3 is 0 Å². The van der Waals surface area contributed by atoms with Crippen LogP contribution in [-0.4, -0.2) is 32.3 Å². The van der Waals surface area contributed by atoms with Gasteiger partial charge in [-0.2, -0.15) is 0 Å². The summed E-state index contributed by atoms with van der Waals surface area (Å²) in [6, 6.07) is 6.17. The van der Waals surface area contributed by atoms with Gasteiger partial charge in [0.15, 0.2) is 0 Å². The summed E-state index contributed by atoms with van der Waals surface area (Å²) in [5.74, 6) is 0.516. The van der Waals surface area contributed by atoms with E-state index in [9.17, 15) is 8.42 Å². The third-order valence-electron chi connectivity index (χ3n) is 3.95. The highest BCUT2D eigenvalue weighted by Crippen LogP contribution is 2.39. The number of aliphatic hydroxyl groups excluding tert-OH is 1. The number of sulfonamides is 1. The molecule has 3 rings (SSSR count). The summed E-state index contributed by atoms with van der Waals surface area (Å²) in [6.45, 7) is 0.534. The largest absolute Gasteiger partial charge is 0.392 e. The van der Waals surface area contributed by atoms with E-state index in [1.807, 2.05) is 0 Å². The lowest BCUT2D eigenvalue weighted by Gasteiger charge is -2.19. The quantitative estimate of drug-likeness (QED) is 0.851. The minimum Gasteiger partial charge on any atom is -0.392 e. The topological polar surface area (TPSA) is 75.6 Å². The van der Waals surface area contributed by atoms with Gasteiger partial charge in [-0.15, -0.1) is 0 Å². The Labute approximate surface area is 119 Å². The van der Waals surface area contributed by atoms with Crippen LogP contribution in [0.5, 0.6) is 0 Å². The van der Waals surface area contributed by atoms with Gasteiger partial charge in [0.1, 0.15) is 0 Å². The first kappa shape index (κ1) is 14.0. The maximum Gasteiger partial charge on any atom is 0.240 e. The molecule has 110 valence electrons. The van der Waals surface area contributed by atoms with Crippen LogP contribution in [0, 0.1) is 5.92 Å². The van der Waals surface area contributed by atoms with Crippen LogP contribution in [0.15, 0.2) is 29.2 Å². The summed E-state index contributed by atoms with van der Waals surface area (Å²) in [4.78, 5) is 0.233. The van der Waals surface area contributed by atoms with E-state index in [2.05, 4.69) is 4.72 Å². The minimum absolute atomic E-state index is 0.0292. The Balaban J connectivity index is 1.73. The van der Waals surface area contributed by atoms with Gasteiger partial charge in [0, 0.05) is 6.61 Å². The van der Waals surface area contributed by atoms with Crippen LogP contribution in [0.25, 0.3) is 0 Å². The summed E-state index contributed by atoms with van der Waals surface area (Å²) in [7, 11) is -3.52. The van der Waals surface area contributed by atoms with Gasteiger partial charge in [-0.05, 0) is 42.9 Å². The molecule has 1 heterocycles. The van der Waals surface area contributed by atoms with E-state index in [4.69, 9.17) is 9.84 Å². The minimum atomic E-state index is -3.52. The van der Waals surface area contributed by atoms with Gasteiger partial charge in [-0.1, -0.05) is 12.1 Å². The lowest BCUT2D eigenvalue weighted by molar-refractivity contribution is 0.0848. The summed E-state index contributed by atoms with van der Waals surface area (Å²) in [6.07, 6.45) is 3.03. The fourth-order valence-corrected chi connectivity index (χ4v) is 3.95. The molecule has 0 aromatic heterocycles.